The second-order valence-corrected chi connectivity index (χ2v) is 9.10. The lowest BCUT2D eigenvalue weighted by Crippen LogP contribution is -2.49. The maximum Gasteiger partial charge on any atom is 0.191 e. The van der Waals surface area contributed by atoms with Gasteiger partial charge in [0.25, 0.3) is 0 Å². The molecule has 0 radical (unpaired) electrons. The molecule has 1 aliphatic heterocycles. The van der Waals surface area contributed by atoms with Crippen LogP contribution >= 0.6 is 24.0 Å². The maximum absolute atomic E-state index is 5.43. The molecule has 7 nitrogen and oxygen atoms in total. The van der Waals surface area contributed by atoms with Crippen molar-refractivity contribution in [1.82, 2.24) is 15.5 Å². The molecule has 3 rings (SSSR count). The van der Waals surface area contributed by atoms with E-state index in [-0.39, 0.29) is 24.0 Å². The van der Waals surface area contributed by atoms with Crippen LogP contribution in [0.3, 0.4) is 0 Å². The highest BCUT2D eigenvalue weighted by molar-refractivity contribution is 14.0. The zero-order valence-corrected chi connectivity index (χ0v) is 23.3. The first-order valence-electron chi connectivity index (χ1n) is 12.3. The normalized spacial score (nSPS) is 18.1. The summed E-state index contributed by atoms with van der Waals surface area (Å²) in [5.74, 6) is 2.59. The Morgan fingerprint density at radius 2 is 1.67 bits per heavy atom. The second kappa shape index (κ2) is 14.8. The number of benzene rings is 1. The van der Waals surface area contributed by atoms with Crippen molar-refractivity contribution in [2.45, 2.75) is 63.5 Å². The molecular formula is C25H44IN5O2. The summed E-state index contributed by atoms with van der Waals surface area (Å²) in [5, 5.41) is 7.14. The van der Waals surface area contributed by atoms with Crippen molar-refractivity contribution in [3.8, 4) is 11.5 Å². The van der Waals surface area contributed by atoms with E-state index in [9.17, 15) is 0 Å². The standard InChI is InChI=1S/C25H43N5O2.HI/c1-26-25(27-13-8-14-29(2)21-9-6-5-7-10-21)28-20-11-15-30(16-12-20)22-17-23(31-3)19-24(18-22)32-4;/h17-21H,5-16H2,1-4H3,(H2,26,27,28);1H. The molecule has 0 spiro atoms. The van der Waals surface area contributed by atoms with E-state index < -0.39 is 0 Å². The number of methoxy groups -OCH3 is 2. The fourth-order valence-electron chi connectivity index (χ4n) is 4.88. The summed E-state index contributed by atoms with van der Waals surface area (Å²) >= 11 is 0. The fourth-order valence-corrected chi connectivity index (χ4v) is 4.88. The monoisotopic (exact) mass is 573 g/mol. The SMILES string of the molecule is CN=C(NCCCN(C)C1CCCCC1)NC1CCN(c2cc(OC)cc(OC)c2)CC1.I. The van der Waals surface area contributed by atoms with Crippen LogP contribution in [0.1, 0.15) is 51.4 Å². The molecule has 2 N–H and O–H groups in total. The highest BCUT2D eigenvalue weighted by atomic mass is 127. The number of aliphatic imine (C=N–C) groups is 1. The Labute approximate surface area is 217 Å². The second-order valence-electron chi connectivity index (χ2n) is 9.10. The number of guanidine groups is 1. The number of nitrogens with one attached hydrogen (secondary N) is 2. The van der Waals surface area contributed by atoms with Gasteiger partial charge in [0.1, 0.15) is 11.5 Å². The minimum absolute atomic E-state index is 0. The van der Waals surface area contributed by atoms with Gasteiger partial charge in [0, 0.05) is 62.7 Å². The average molecular weight is 574 g/mol. The van der Waals surface area contributed by atoms with Gasteiger partial charge in [-0.15, -0.1) is 24.0 Å². The molecule has 0 unspecified atom stereocenters. The Morgan fingerprint density at radius 3 is 2.24 bits per heavy atom. The van der Waals surface area contributed by atoms with Gasteiger partial charge in [0.05, 0.1) is 14.2 Å². The third-order valence-corrected chi connectivity index (χ3v) is 6.94. The summed E-state index contributed by atoms with van der Waals surface area (Å²) in [6, 6.07) is 7.31. The molecule has 1 saturated carbocycles. The van der Waals surface area contributed by atoms with Crippen LogP contribution < -0.4 is 25.0 Å². The molecule has 0 atom stereocenters. The average Bonchev–Trinajstić information content (AvgIpc) is 2.86. The van der Waals surface area contributed by atoms with Crippen molar-refractivity contribution in [1.29, 1.82) is 0 Å². The molecule has 0 aromatic heterocycles. The van der Waals surface area contributed by atoms with Crippen LogP contribution in [0, 0.1) is 0 Å². The fraction of sp³-hybridized carbons (Fsp3) is 0.720. The lowest BCUT2D eigenvalue weighted by molar-refractivity contribution is 0.190. The quantitative estimate of drug-likeness (QED) is 0.201. The van der Waals surface area contributed by atoms with E-state index in [4.69, 9.17) is 9.47 Å². The third-order valence-electron chi connectivity index (χ3n) is 6.94. The van der Waals surface area contributed by atoms with Crippen LogP contribution in [0.4, 0.5) is 5.69 Å². The first kappa shape index (κ1) is 27.8. The molecule has 2 fully saturated rings. The number of ether oxygens (including phenoxy) is 2. The Kier molecular flexibility index (Phi) is 12.4. The van der Waals surface area contributed by atoms with Crippen LogP contribution in [0.5, 0.6) is 11.5 Å². The predicted molar refractivity (Wildman–Crippen MR) is 149 cm³/mol. The number of nitrogens with zero attached hydrogens (tertiary/aromatic N) is 3. The smallest absolute Gasteiger partial charge is 0.191 e. The van der Waals surface area contributed by atoms with Crippen LogP contribution in [0.15, 0.2) is 23.2 Å². The van der Waals surface area contributed by atoms with Crippen LogP contribution in [0.25, 0.3) is 0 Å². The lowest BCUT2D eigenvalue weighted by atomic mass is 9.94. The van der Waals surface area contributed by atoms with Gasteiger partial charge in [-0.05, 0) is 45.7 Å². The van der Waals surface area contributed by atoms with Crippen molar-refractivity contribution < 1.29 is 9.47 Å². The largest absolute Gasteiger partial charge is 0.497 e. The molecular weight excluding hydrogens is 529 g/mol. The predicted octanol–water partition coefficient (Wildman–Crippen LogP) is 4.11. The van der Waals surface area contributed by atoms with Crippen LogP contribution in [-0.2, 0) is 0 Å². The van der Waals surface area contributed by atoms with Crippen molar-refractivity contribution in [2.24, 2.45) is 4.99 Å². The first-order chi connectivity index (χ1) is 15.6. The summed E-state index contributed by atoms with van der Waals surface area (Å²) in [6.45, 7) is 4.10. The van der Waals surface area contributed by atoms with Gasteiger partial charge in [-0.1, -0.05) is 19.3 Å². The van der Waals surface area contributed by atoms with Crippen molar-refractivity contribution in [3.05, 3.63) is 18.2 Å². The van der Waals surface area contributed by atoms with E-state index in [0.29, 0.717) is 6.04 Å². The molecule has 0 bridgehead atoms. The Morgan fingerprint density at radius 1 is 1.03 bits per heavy atom. The number of hydrogen-bond acceptors (Lipinski definition) is 5. The molecule has 1 heterocycles. The third kappa shape index (κ3) is 8.70. The van der Waals surface area contributed by atoms with Gasteiger partial charge in [-0.2, -0.15) is 0 Å². The molecule has 2 aliphatic rings. The van der Waals surface area contributed by atoms with Gasteiger partial charge in [0.2, 0.25) is 0 Å². The van der Waals surface area contributed by atoms with Crippen molar-refractivity contribution >= 4 is 35.6 Å². The summed E-state index contributed by atoms with van der Waals surface area (Å²) in [4.78, 5) is 9.40. The summed E-state index contributed by atoms with van der Waals surface area (Å²) in [7, 11) is 7.54. The topological polar surface area (TPSA) is 61.4 Å². The minimum Gasteiger partial charge on any atom is -0.497 e. The Balaban J connectivity index is 0.00000385. The molecule has 1 aliphatic carbocycles. The van der Waals surface area contributed by atoms with Gasteiger partial charge in [-0.25, -0.2) is 0 Å². The van der Waals surface area contributed by atoms with E-state index in [0.717, 1.165) is 74.6 Å². The highest BCUT2D eigenvalue weighted by Gasteiger charge is 2.21. The van der Waals surface area contributed by atoms with Gasteiger partial charge < -0.3 is 29.9 Å². The van der Waals surface area contributed by atoms with Crippen molar-refractivity contribution in [2.75, 3.05) is 59.4 Å². The number of hydrogen-bond donors (Lipinski definition) is 2. The van der Waals surface area contributed by atoms with Gasteiger partial charge in [0.15, 0.2) is 5.96 Å². The van der Waals surface area contributed by atoms with E-state index in [1.165, 1.54) is 32.1 Å². The number of halogens is 1. The molecule has 8 heteroatoms. The lowest BCUT2D eigenvalue weighted by Gasteiger charge is -2.35. The van der Waals surface area contributed by atoms with E-state index >= 15 is 0 Å². The molecule has 0 amide bonds. The van der Waals surface area contributed by atoms with Crippen LogP contribution in [0.2, 0.25) is 0 Å². The highest BCUT2D eigenvalue weighted by Crippen LogP contribution is 2.30. The van der Waals surface area contributed by atoms with Gasteiger partial charge in [-0.3, -0.25) is 4.99 Å². The summed E-state index contributed by atoms with van der Waals surface area (Å²) in [5.41, 5.74) is 1.16. The number of piperidine rings is 1. The van der Waals surface area contributed by atoms with E-state index in [1.54, 1.807) is 14.2 Å². The van der Waals surface area contributed by atoms with Crippen LogP contribution in [-0.4, -0.2) is 77.4 Å². The Hall–Kier alpha value is -1.42. The zero-order chi connectivity index (χ0) is 22.8. The number of anilines is 1. The summed E-state index contributed by atoms with van der Waals surface area (Å²) < 4.78 is 10.9. The molecule has 33 heavy (non-hydrogen) atoms. The summed E-state index contributed by atoms with van der Waals surface area (Å²) in [6.07, 6.45) is 10.2. The minimum atomic E-state index is 0. The zero-order valence-electron chi connectivity index (χ0n) is 20.9. The van der Waals surface area contributed by atoms with Crippen molar-refractivity contribution in [3.63, 3.8) is 0 Å². The number of rotatable bonds is 9. The van der Waals surface area contributed by atoms with Gasteiger partial charge >= 0.3 is 0 Å². The molecule has 1 aromatic rings. The first-order valence-corrected chi connectivity index (χ1v) is 12.3. The maximum atomic E-state index is 5.43. The van der Waals surface area contributed by atoms with E-state index in [1.807, 2.05) is 13.1 Å². The molecule has 1 saturated heterocycles. The Bertz CT molecular complexity index is 696. The molecule has 188 valence electrons. The van der Waals surface area contributed by atoms with E-state index in [2.05, 4.69) is 44.6 Å². The molecule has 1 aromatic carbocycles.